The second-order valence-electron chi connectivity index (χ2n) is 4.56. The predicted molar refractivity (Wildman–Crippen MR) is 84.6 cm³/mol. The van der Waals surface area contributed by atoms with Gasteiger partial charge in [-0.15, -0.1) is 11.3 Å². The summed E-state index contributed by atoms with van der Waals surface area (Å²) in [5.41, 5.74) is 1.88. The topological polar surface area (TPSA) is 53.4 Å². The van der Waals surface area contributed by atoms with E-state index >= 15 is 0 Å². The number of aliphatic hydroxyl groups is 1. The summed E-state index contributed by atoms with van der Waals surface area (Å²) in [5, 5.41) is 10.9. The van der Waals surface area contributed by atoms with Crippen molar-refractivity contribution in [2.45, 2.75) is 20.1 Å². The van der Waals surface area contributed by atoms with Gasteiger partial charge in [0.05, 0.1) is 6.61 Å². The van der Waals surface area contributed by atoms with Crippen LogP contribution in [0.4, 0.5) is 0 Å². The van der Waals surface area contributed by atoms with Gasteiger partial charge in [0.2, 0.25) is 5.91 Å². The van der Waals surface area contributed by atoms with Crippen molar-refractivity contribution in [2.75, 3.05) is 6.54 Å². The number of aliphatic hydroxyl groups excluding tert-OH is 1. The molecule has 0 aliphatic carbocycles. The van der Waals surface area contributed by atoms with Crippen molar-refractivity contribution in [2.24, 2.45) is 0 Å². The number of hydrogen-bond donors (Lipinski definition) is 1. The van der Waals surface area contributed by atoms with E-state index in [4.69, 9.17) is 5.11 Å². The van der Waals surface area contributed by atoms with Crippen molar-refractivity contribution in [3.63, 3.8) is 0 Å². The average Bonchev–Trinajstić information content (AvgIpc) is 2.99. The Morgan fingerprint density at radius 1 is 1.48 bits per heavy atom. The summed E-state index contributed by atoms with van der Waals surface area (Å²) >= 11 is 1.51. The van der Waals surface area contributed by atoms with E-state index in [1.165, 1.54) is 11.3 Å². The van der Waals surface area contributed by atoms with E-state index in [1.54, 1.807) is 29.4 Å². The normalized spacial score (nSPS) is 11.0. The zero-order valence-corrected chi connectivity index (χ0v) is 12.7. The second kappa shape index (κ2) is 7.71. The first-order valence-corrected chi connectivity index (χ1v) is 7.65. The van der Waals surface area contributed by atoms with E-state index in [9.17, 15) is 4.79 Å². The number of carbonyl (C=O) groups is 1. The Balaban J connectivity index is 1.99. The number of pyridine rings is 1. The summed E-state index contributed by atoms with van der Waals surface area (Å²) in [5.74, 6) is -0.0275. The number of likely N-dealkylation sites (N-methyl/N-ethyl adjacent to an activating group) is 1. The van der Waals surface area contributed by atoms with Crippen LogP contribution in [0, 0.1) is 0 Å². The van der Waals surface area contributed by atoms with Gasteiger partial charge >= 0.3 is 0 Å². The molecule has 21 heavy (non-hydrogen) atoms. The Labute approximate surface area is 128 Å². The summed E-state index contributed by atoms with van der Waals surface area (Å²) in [4.78, 5) is 19.0. The van der Waals surface area contributed by atoms with Crippen LogP contribution in [0.3, 0.4) is 0 Å². The van der Waals surface area contributed by atoms with Crippen molar-refractivity contribution in [1.82, 2.24) is 9.88 Å². The summed E-state index contributed by atoms with van der Waals surface area (Å²) < 4.78 is 0. The fourth-order valence-electron chi connectivity index (χ4n) is 1.88. The number of hydrogen-bond acceptors (Lipinski definition) is 4. The van der Waals surface area contributed by atoms with E-state index in [-0.39, 0.29) is 12.5 Å². The number of carbonyl (C=O) groups excluding carboxylic acids is 1. The molecule has 2 aromatic heterocycles. The average molecular weight is 302 g/mol. The lowest BCUT2D eigenvalue weighted by atomic mass is 10.2. The van der Waals surface area contributed by atoms with E-state index in [0.29, 0.717) is 13.1 Å². The minimum absolute atomic E-state index is 0.0275. The Kier molecular flexibility index (Phi) is 5.66. The van der Waals surface area contributed by atoms with Gasteiger partial charge in [-0.3, -0.25) is 9.78 Å². The number of rotatable bonds is 6. The van der Waals surface area contributed by atoms with Crippen molar-refractivity contribution in [3.05, 3.63) is 58.1 Å². The summed E-state index contributed by atoms with van der Waals surface area (Å²) in [6.45, 7) is 3.18. The second-order valence-corrected chi connectivity index (χ2v) is 5.51. The Bertz CT molecular complexity index is 608. The van der Waals surface area contributed by atoms with Crippen LogP contribution >= 0.6 is 11.3 Å². The van der Waals surface area contributed by atoms with Gasteiger partial charge in [-0.1, -0.05) is 6.07 Å². The van der Waals surface area contributed by atoms with Gasteiger partial charge < -0.3 is 10.0 Å². The highest BCUT2D eigenvalue weighted by atomic mass is 32.1. The fraction of sp³-hybridized carbons (Fsp3) is 0.250. The van der Waals surface area contributed by atoms with Crippen LogP contribution < -0.4 is 0 Å². The quantitative estimate of drug-likeness (QED) is 0.835. The predicted octanol–water partition coefficient (Wildman–Crippen LogP) is 2.70. The van der Waals surface area contributed by atoms with Gasteiger partial charge in [-0.2, -0.15) is 0 Å². The molecule has 4 nitrogen and oxygen atoms in total. The molecule has 1 N–H and O–H groups in total. The summed E-state index contributed by atoms with van der Waals surface area (Å²) in [7, 11) is 0. The van der Waals surface area contributed by atoms with Crippen LogP contribution in [0.15, 0.2) is 42.0 Å². The molecule has 0 aliphatic heterocycles. The zero-order valence-electron chi connectivity index (χ0n) is 11.9. The molecule has 0 spiro atoms. The first-order chi connectivity index (χ1) is 10.2. The standard InChI is InChI=1S/C16H18N2O2S/c1-2-18(10-13-4-3-7-17-9-13)16(20)6-5-15-8-14(11-19)12-21-15/h3-9,12,19H,2,10-11H2,1H3. The van der Waals surface area contributed by atoms with Gasteiger partial charge in [-0.25, -0.2) is 0 Å². The Morgan fingerprint density at radius 2 is 2.33 bits per heavy atom. The molecule has 0 aromatic carbocycles. The molecule has 0 saturated heterocycles. The molecular formula is C16H18N2O2S. The van der Waals surface area contributed by atoms with Crippen LogP contribution in [-0.4, -0.2) is 27.4 Å². The third-order valence-electron chi connectivity index (χ3n) is 3.04. The first kappa shape index (κ1) is 15.4. The van der Waals surface area contributed by atoms with Crippen LogP contribution in [-0.2, 0) is 17.9 Å². The number of nitrogens with zero attached hydrogens (tertiary/aromatic N) is 2. The molecule has 2 rings (SSSR count). The minimum Gasteiger partial charge on any atom is -0.392 e. The van der Waals surface area contributed by atoms with Crippen LogP contribution in [0.1, 0.15) is 22.9 Å². The van der Waals surface area contributed by atoms with Crippen molar-refractivity contribution < 1.29 is 9.90 Å². The van der Waals surface area contributed by atoms with E-state index in [1.807, 2.05) is 30.5 Å². The molecule has 0 radical (unpaired) electrons. The highest BCUT2D eigenvalue weighted by Gasteiger charge is 2.09. The molecule has 0 aliphatic rings. The molecular weight excluding hydrogens is 284 g/mol. The molecule has 0 fully saturated rings. The Morgan fingerprint density at radius 3 is 2.95 bits per heavy atom. The highest BCUT2D eigenvalue weighted by molar-refractivity contribution is 7.11. The van der Waals surface area contributed by atoms with Gasteiger partial charge in [0, 0.05) is 36.4 Å². The highest BCUT2D eigenvalue weighted by Crippen LogP contribution is 2.16. The van der Waals surface area contributed by atoms with Crippen molar-refractivity contribution in [1.29, 1.82) is 0 Å². The molecule has 0 bridgehead atoms. The van der Waals surface area contributed by atoms with Gasteiger partial charge in [0.25, 0.3) is 0 Å². The first-order valence-electron chi connectivity index (χ1n) is 6.77. The number of aromatic nitrogens is 1. The van der Waals surface area contributed by atoms with E-state index < -0.39 is 0 Å². The summed E-state index contributed by atoms with van der Waals surface area (Å²) in [6.07, 6.45) is 6.86. The van der Waals surface area contributed by atoms with Crippen molar-refractivity contribution >= 4 is 23.3 Å². The molecule has 0 atom stereocenters. The van der Waals surface area contributed by atoms with Gasteiger partial charge in [-0.05, 0) is 41.6 Å². The molecule has 0 unspecified atom stereocenters. The smallest absolute Gasteiger partial charge is 0.246 e. The van der Waals surface area contributed by atoms with Crippen LogP contribution in [0.5, 0.6) is 0 Å². The lowest BCUT2D eigenvalue weighted by molar-refractivity contribution is -0.126. The molecule has 2 heterocycles. The third kappa shape index (κ3) is 4.51. The van der Waals surface area contributed by atoms with E-state index in [0.717, 1.165) is 16.0 Å². The lowest BCUT2D eigenvalue weighted by Crippen LogP contribution is -2.28. The molecule has 2 aromatic rings. The fourth-order valence-corrected chi connectivity index (χ4v) is 2.68. The van der Waals surface area contributed by atoms with Gasteiger partial charge in [0.1, 0.15) is 0 Å². The molecule has 0 saturated carbocycles. The largest absolute Gasteiger partial charge is 0.392 e. The minimum atomic E-state index is -0.0275. The summed E-state index contributed by atoms with van der Waals surface area (Å²) in [6, 6.07) is 5.71. The zero-order chi connectivity index (χ0) is 15.1. The molecule has 1 amide bonds. The number of amides is 1. The maximum Gasteiger partial charge on any atom is 0.246 e. The van der Waals surface area contributed by atoms with Crippen LogP contribution in [0.2, 0.25) is 0 Å². The Hall–Kier alpha value is -1.98. The van der Waals surface area contributed by atoms with Crippen LogP contribution in [0.25, 0.3) is 6.08 Å². The monoisotopic (exact) mass is 302 g/mol. The van der Waals surface area contributed by atoms with Gasteiger partial charge in [0.15, 0.2) is 0 Å². The maximum atomic E-state index is 12.2. The maximum absolute atomic E-state index is 12.2. The van der Waals surface area contributed by atoms with Crippen molar-refractivity contribution in [3.8, 4) is 0 Å². The third-order valence-corrected chi connectivity index (χ3v) is 3.98. The number of thiophene rings is 1. The molecule has 110 valence electrons. The lowest BCUT2D eigenvalue weighted by Gasteiger charge is -2.18. The van der Waals surface area contributed by atoms with E-state index in [2.05, 4.69) is 4.98 Å². The SMILES string of the molecule is CCN(Cc1cccnc1)C(=O)C=Cc1cc(CO)cs1. The molecule has 5 heteroatoms.